The van der Waals surface area contributed by atoms with Gasteiger partial charge in [-0.3, -0.25) is 0 Å². The minimum atomic E-state index is -0.690. The van der Waals surface area contributed by atoms with Gasteiger partial charge in [-0.25, -0.2) is 8.78 Å². The van der Waals surface area contributed by atoms with E-state index in [4.69, 9.17) is 9.72 Å². The Morgan fingerprint density at radius 1 is 1.05 bits per heavy atom. The predicted molar refractivity (Wildman–Crippen MR) is 140 cm³/mol. The topological polar surface area (TPSA) is 69.3 Å². The molecular weight excluding hydrogens is 474 g/mol. The van der Waals surface area contributed by atoms with Crippen LogP contribution in [0.5, 0.6) is 6.01 Å². The molecular formula is C28H30F2N6O. The zero-order chi connectivity index (χ0) is 25.1. The Morgan fingerprint density at radius 3 is 2.65 bits per heavy atom. The molecule has 7 rings (SSSR count). The number of likely N-dealkylation sites (tertiary alicyclic amines) is 1. The maximum absolute atomic E-state index is 16.3. The molecule has 3 aliphatic heterocycles. The third kappa shape index (κ3) is 3.92. The van der Waals surface area contributed by atoms with Crippen LogP contribution in [0.3, 0.4) is 0 Å². The Labute approximate surface area is 213 Å². The number of rotatable bonds is 5. The SMILES string of the molecule is CN1CCC[C@H]1COc1nc(N2CC3CCC(C2)N3)c2cc(F)c(-c3c[nH]c4ccccc34)c(F)c2n1. The van der Waals surface area contributed by atoms with Gasteiger partial charge in [0.05, 0.1) is 5.56 Å². The zero-order valence-electron chi connectivity index (χ0n) is 20.8. The maximum Gasteiger partial charge on any atom is 0.319 e. The highest BCUT2D eigenvalue weighted by Gasteiger charge is 2.34. The van der Waals surface area contributed by atoms with Gasteiger partial charge in [0.25, 0.3) is 0 Å². The van der Waals surface area contributed by atoms with Crippen LogP contribution in [0.1, 0.15) is 25.7 Å². The van der Waals surface area contributed by atoms with Crippen molar-refractivity contribution in [3.63, 3.8) is 0 Å². The summed E-state index contributed by atoms with van der Waals surface area (Å²) in [6.07, 6.45) is 6.01. The summed E-state index contributed by atoms with van der Waals surface area (Å²) < 4.78 is 38.1. The number of nitrogens with one attached hydrogen (secondary N) is 2. The Hall–Kier alpha value is -3.30. The summed E-state index contributed by atoms with van der Waals surface area (Å²) in [5.41, 5.74) is 1.30. The molecule has 0 radical (unpaired) electrons. The number of ether oxygens (including phenoxy) is 1. The molecule has 2 unspecified atom stereocenters. The summed E-state index contributed by atoms with van der Waals surface area (Å²) in [7, 11) is 2.08. The van der Waals surface area contributed by atoms with Crippen LogP contribution in [-0.4, -0.2) is 71.3 Å². The van der Waals surface area contributed by atoms with Gasteiger partial charge in [-0.15, -0.1) is 0 Å². The van der Waals surface area contributed by atoms with Crippen LogP contribution in [0.25, 0.3) is 32.9 Å². The van der Waals surface area contributed by atoms with Crippen molar-refractivity contribution in [3.8, 4) is 17.1 Å². The molecule has 0 spiro atoms. The van der Waals surface area contributed by atoms with E-state index in [-0.39, 0.29) is 23.1 Å². The van der Waals surface area contributed by atoms with Gasteiger partial charge in [0.2, 0.25) is 0 Å². The molecule has 2 aromatic carbocycles. The lowest BCUT2D eigenvalue weighted by atomic mass is 10.0. The van der Waals surface area contributed by atoms with E-state index >= 15 is 8.78 Å². The van der Waals surface area contributed by atoms with Gasteiger partial charge >= 0.3 is 6.01 Å². The highest BCUT2D eigenvalue weighted by atomic mass is 19.1. The third-order valence-electron chi connectivity index (χ3n) is 8.29. The van der Waals surface area contributed by atoms with E-state index in [0.29, 0.717) is 35.5 Å². The van der Waals surface area contributed by atoms with Crippen molar-refractivity contribution in [1.82, 2.24) is 25.2 Å². The van der Waals surface area contributed by atoms with Gasteiger partial charge in [-0.1, -0.05) is 18.2 Å². The molecule has 3 saturated heterocycles. The molecule has 37 heavy (non-hydrogen) atoms. The number of fused-ring (bicyclic) bond motifs is 4. The van der Waals surface area contributed by atoms with Crippen LogP contribution in [0, 0.1) is 11.6 Å². The van der Waals surface area contributed by atoms with Crippen LogP contribution < -0.4 is 15.0 Å². The number of para-hydroxylation sites is 1. The second kappa shape index (κ2) is 8.92. The lowest BCUT2D eigenvalue weighted by molar-refractivity contribution is 0.188. The van der Waals surface area contributed by atoms with Gasteiger partial charge in [-0.05, 0) is 51.4 Å². The average Bonchev–Trinajstić information content (AvgIpc) is 3.61. The molecule has 0 aliphatic carbocycles. The predicted octanol–water partition coefficient (Wildman–Crippen LogP) is 4.47. The molecule has 2 bridgehead atoms. The largest absolute Gasteiger partial charge is 0.462 e. The third-order valence-corrected chi connectivity index (χ3v) is 8.29. The van der Waals surface area contributed by atoms with Crippen LogP contribution in [0.4, 0.5) is 14.6 Å². The number of hydrogen-bond donors (Lipinski definition) is 2. The van der Waals surface area contributed by atoms with E-state index in [1.54, 1.807) is 6.20 Å². The quantitative estimate of drug-likeness (QED) is 0.418. The molecule has 0 saturated carbocycles. The number of aromatic nitrogens is 3. The number of benzene rings is 2. The van der Waals surface area contributed by atoms with Crippen molar-refractivity contribution in [2.45, 2.75) is 43.8 Å². The Morgan fingerprint density at radius 2 is 1.86 bits per heavy atom. The highest BCUT2D eigenvalue weighted by Crippen LogP contribution is 2.39. The first kappa shape index (κ1) is 22.9. The van der Waals surface area contributed by atoms with Gasteiger partial charge in [-0.2, -0.15) is 9.97 Å². The summed E-state index contributed by atoms with van der Waals surface area (Å²) in [6.45, 7) is 2.94. The molecule has 0 amide bonds. The second-order valence-corrected chi connectivity index (χ2v) is 10.7. The van der Waals surface area contributed by atoms with E-state index in [1.165, 1.54) is 6.07 Å². The first-order valence-electron chi connectivity index (χ1n) is 13.2. The molecule has 2 aromatic heterocycles. The van der Waals surface area contributed by atoms with Gasteiger partial charge < -0.3 is 24.8 Å². The van der Waals surface area contributed by atoms with Crippen molar-refractivity contribution in [2.75, 3.05) is 38.2 Å². The van der Waals surface area contributed by atoms with E-state index in [9.17, 15) is 0 Å². The fourth-order valence-corrected chi connectivity index (χ4v) is 6.32. The molecule has 4 aromatic rings. The molecule has 5 heterocycles. The first-order chi connectivity index (χ1) is 18.0. The van der Waals surface area contributed by atoms with Crippen molar-refractivity contribution in [2.24, 2.45) is 0 Å². The standard InChI is InChI=1S/C28H30F2N6O/c1-35-10-4-5-18(35)15-37-28-33-26-20(27(34-28)36-13-16-8-9-17(14-36)32-16)11-22(29)24(25(26)30)21-12-31-23-7-3-2-6-19(21)23/h2-3,6-7,11-12,16-18,31-32H,4-5,8-10,13-15H2,1H3/t16?,17?,18-/m0/s1. The number of aromatic amines is 1. The lowest BCUT2D eigenvalue weighted by Gasteiger charge is -2.34. The number of H-pyrrole nitrogens is 1. The van der Waals surface area contributed by atoms with Gasteiger partial charge in [0.15, 0.2) is 5.82 Å². The Balaban J connectivity index is 1.36. The van der Waals surface area contributed by atoms with E-state index in [0.717, 1.165) is 56.2 Å². The van der Waals surface area contributed by atoms with Crippen molar-refractivity contribution >= 4 is 27.6 Å². The number of piperazine rings is 1. The smallest absolute Gasteiger partial charge is 0.319 e. The monoisotopic (exact) mass is 504 g/mol. The molecule has 3 fully saturated rings. The zero-order valence-corrected chi connectivity index (χ0v) is 20.8. The molecule has 3 aliphatic rings. The van der Waals surface area contributed by atoms with Gasteiger partial charge in [0, 0.05) is 59.3 Å². The van der Waals surface area contributed by atoms with E-state index < -0.39 is 11.6 Å². The molecule has 2 N–H and O–H groups in total. The highest BCUT2D eigenvalue weighted by molar-refractivity contribution is 6.00. The molecule has 192 valence electrons. The molecule has 3 atom stereocenters. The summed E-state index contributed by atoms with van der Waals surface area (Å²) >= 11 is 0. The minimum Gasteiger partial charge on any atom is -0.462 e. The first-order valence-corrected chi connectivity index (χ1v) is 13.2. The summed E-state index contributed by atoms with van der Waals surface area (Å²) in [5.74, 6) is -0.773. The number of hydrogen-bond acceptors (Lipinski definition) is 6. The second-order valence-electron chi connectivity index (χ2n) is 10.7. The maximum atomic E-state index is 16.3. The van der Waals surface area contributed by atoms with Crippen LogP contribution in [0.15, 0.2) is 36.5 Å². The number of halogens is 2. The number of likely N-dealkylation sites (N-methyl/N-ethyl adjacent to an activating group) is 1. The van der Waals surface area contributed by atoms with Crippen LogP contribution in [-0.2, 0) is 0 Å². The number of anilines is 1. The van der Waals surface area contributed by atoms with Crippen molar-refractivity contribution < 1.29 is 13.5 Å². The summed E-state index contributed by atoms with van der Waals surface area (Å²) in [6, 6.07) is 10.0. The molecule has 9 heteroatoms. The van der Waals surface area contributed by atoms with Crippen LogP contribution >= 0.6 is 0 Å². The summed E-state index contributed by atoms with van der Waals surface area (Å²) in [5, 5.41) is 4.75. The lowest BCUT2D eigenvalue weighted by Crippen LogP contribution is -2.51. The normalized spacial score (nSPS) is 24.0. The number of nitrogens with zero attached hydrogens (tertiary/aromatic N) is 4. The van der Waals surface area contributed by atoms with Crippen molar-refractivity contribution in [3.05, 3.63) is 48.2 Å². The Bertz CT molecular complexity index is 1480. The van der Waals surface area contributed by atoms with Gasteiger partial charge in [0.1, 0.15) is 23.8 Å². The fraction of sp³-hybridized carbons (Fsp3) is 0.429. The van der Waals surface area contributed by atoms with E-state index in [2.05, 4.69) is 32.1 Å². The molecule has 7 nitrogen and oxygen atoms in total. The van der Waals surface area contributed by atoms with Crippen LogP contribution in [0.2, 0.25) is 0 Å². The van der Waals surface area contributed by atoms with Crippen molar-refractivity contribution in [1.29, 1.82) is 0 Å². The average molecular weight is 505 g/mol. The fourth-order valence-electron chi connectivity index (χ4n) is 6.32. The minimum absolute atomic E-state index is 0.0866. The van der Waals surface area contributed by atoms with E-state index in [1.807, 2.05) is 24.3 Å². The Kier molecular flexibility index (Phi) is 5.51. The summed E-state index contributed by atoms with van der Waals surface area (Å²) in [4.78, 5) is 16.8.